The van der Waals surface area contributed by atoms with Crippen molar-refractivity contribution in [1.29, 1.82) is 0 Å². The summed E-state index contributed by atoms with van der Waals surface area (Å²) in [5.41, 5.74) is 0.730. The van der Waals surface area contributed by atoms with E-state index in [1.165, 1.54) is 12.1 Å². The quantitative estimate of drug-likeness (QED) is 0.544. The molecule has 0 aromatic heterocycles. The number of rotatable bonds is 8. The number of nitrogens with one attached hydrogen (secondary N) is 2. The zero-order valence-corrected chi connectivity index (χ0v) is 21.4. The molecule has 0 unspecified atom stereocenters. The van der Waals surface area contributed by atoms with E-state index < -0.39 is 17.6 Å². The van der Waals surface area contributed by atoms with Gasteiger partial charge in [0.1, 0.15) is 0 Å². The predicted molar refractivity (Wildman–Crippen MR) is 138 cm³/mol. The zero-order valence-electron chi connectivity index (χ0n) is 21.4. The summed E-state index contributed by atoms with van der Waals surface area (Å²) < 4.78 is 38.6. The predicted octanol–water partition coefficient (Wildman–Crippen LogP) is 3.74. The fourth-order valence-electron chi connectivity index (χ4n) is 5.33. The van der Waals surface area contributed by atoms with Crippen molar-refractivity contribution >= 4 is 23.3 Å². The molecule has 0 saturated carbocycles. The number of amides is 2. The van der Waals surface area contributed by atoms with Crippen LogP contribution in [0.3, 0.4) is 0 Å². The molecule has 2 amide bonds. The van der Waals surface area contributed by atoms with Crippen molar-refractivity contribution in [3.8, 4) is 0 Å². The second-order valence-electron chi connectivity index (χ2n) is 10.00. The molecule has 2 aromatic carbocycles. The number of hydrogen-bond acceptors (Lipinski definition) is 5. The standard InChI is InChI=1S/C28H33F3N4O3/c1-32-26(37)20-5-7-23(8-6-20)34-13-10-24(11-14-34)35-12-9-19(18-35)15-25(36)17-33-27(38)21-3-2-4-22(16-21)28(29,30)31/h2-8,16,19,24H,9-15,17-18H2,1H3,(H,32,37)(H,33,38)/t19-/m0/s1. The van der Waals surface area contributed by atoms with Crippen molar-refractivity contribution in [3.63, 3.8) is 0 Å². The first-order valence-electron chi connectivity index (χ1n) is 12.9. The number of alkyl halides is 3. The SMILES string of the molecule is CNC(=O)c1ccc(N2CCC(N3CC[C@@H](CC(=O)CNC(=O)c4cccc(C(F)(F)F)c4)C3)CC2)cc1. The molecule has 2 aromatic rings. The molecule has 0 radical (unpaired) electrons. The lowest BCUT2D eigenvalue weighted by atomic mass is 10.0. The Morgan fingerprint density at radius 1 is 0.921 bits per heavy atom. The molecule has 0 bridgehead atoms. The number of carbonyl (C=O) groups excluding carboxylic acids is 3. The molecule has 2 fully saturated rings. The van der Waals surface area contributed by atoms with Crippen LogP contribution in [-0.2, 0) is 11.0 Å². The minimum Gasteiger partial charge on any atom is -0.371 e. The maximum Gasteiger partial charge on any atom is 0.416 e. The highest BCUT2D eigenvalue weighted by Gasteiger charge is 2.32. The number of carbonyl (C=O) groups is 3. The Kier molecular flexibility index (Phi) is 8.71. The van der Waals surface area contributed by atoms with E-state index in [-0.39, 0.29) is 29.7 Å². The molecule has 2 saturated heterocycles. The average Bonchev–Trinajstić information content (AvgIpc) is 3.39. The van der Waals surface area contributed by atoms with Gasteiger partial charge in [0, 0.05) is 56.0 Å². The van der Waals surface area contributed by atoms with Gasteiger partial charge in [-0.1, -0.05) is 6.07 Å². The van der Waals surface area contributed by atoms with Gasteiger partial charge in [-0.2, -0.15) is 13.2 Å². The van der Waals surface area contributed by atoms with E-state index in [2.05, 4.69) is 20.4 Å². The Morgan fingerprint density at radius 2 is 1.63 bits per heavy atom. The highest BCUT2D eigenvalue weighted by molar-refractivity contribution is 5.97. The average molecular weight is 531 g/mol. The van der Waals surface area contributed by atoms with Crippen LogP contribution in [0, 0.1) is 5.92 Å². The summed E-state index contributed by atoms with van der Waals surface area (Å²) in [6, 6.07) is 12.3. The first-order valence-corrected chi connectivity index (χ1v) is 12.9. The molecule has 0 spiro atoms. The van der Waals surface area contributed by atoms with Crippen LogP contribution in [-0.4, -0.2) is 68.3 Å². The summed E-state index contributed by atoms with van der Waals surface area (Å²) in [6.07, 6.45) is -1.24. The number of likely N-dealkylation sites (tertiary alicyclic amines) is 1. The Labute approximate surface area is 220 Å². The summed E-state index contributed by atoms with van der Waals surface area (Å²) in [6.45, 7) is 3.42. The highest BCUT2D eigenvalue weighted by atomic mass is 19.4. The summed E-state index contributed by atoms with van der Waals surface area (Å²) in [5, 5.41) is 5.09. The van der Waals surface area contributed by atoms with E-state index in [0.29, 0.717) is 18.0 Å². The molecule has 1 atom stereocenters. The van der Waals surface area contributed by atoms with E-state index >= 15 is 0 Å². The maximum atomic E-state index is 12.9. The molecule has 2 N–H and O–H groups in total. The lowest BCUT2D eigenvalue weighted by Gasteiger charge is -2.38. The van der Waals surface area contributed by atoms with Gasteiger partial charge >= 0.3 is 6.18 Å². The Hall–Kier alpha value is -3.40. The molecular formula is C28H33F3N4O3. The number of benzene rings is 2. The zero-order chi connectivity index (χ0) is 27.3. The molecule has 7 nitrogen and oxygen atoms in total. The van der Waals surface area contributed by atoms with E-state index in [0.717, 1.165) is 63.3 Å². The minimum atomic E-state index is -4.53. The van der Waals surface area contributed by atoms with Gasteiger partial charge < -0.3 is 15.5 Å². The summed E-state index contributed by atoms with van der Waals surface area (Å²) in [5.74, 6) is -0.696. The third-order valence-electron chi connectivity index (χ3n) is 7.43. The monoisotopic (exact) mass is 530 g/mol. The number of halogens is 3. The lowest BCUT2D eigenvalue weighted by Crippen LogP contribution is -2.44. The van der Waals surface area contributed by atoms with Crippen LogP contribution < -0.4 is 15.5 Å². The van der Waals surface area contributed by atoms with Gasteiger partial charge in [-0.3, -0.25) is 19.3 Å². The maximum absolute atomic E-state index is 12.9. The fourth-order valence-corrected chi connectivity index (χ4v) is 5.33. The number of Topliss-reactive ketones (excluding diaryl/α,β-unsaturated/α-hetero) is 1. The van der Waals surface area contributed by atoms with Crippen molar-refractivity contribution in [1.82, 2.24) is 15.5 Å². The van der Waals surface area contributed by atoms with Gasteiger partial charge in [0.2, 0.25) is 0 Å². The topological polar surface area (TPSA) is 81.8 Å². The van der Waals surface area contributed by atoms with Crippen molar-refractivity contribution in [3.05, 3.63) is 65.2 Å². The summed E-state index contributed by atoms with van der Waals surface area (Å²) in [7, 11) is 1.61. The molecule has 2 heterocycles. The van der Waals surface area contributed by atoms with Crippen molar-refractivity contribution < 1.29 is 27.6 Å². The van der Waals surface area contributed by atoms with Gasteiger partial charge in [0.15, 0.2) is 5.78 Å². The normalized spacial score (nSPS) is 18.8. The van der Waals surface area contributed by atoms with E-state index in [1.54, 1.807) is 7.05 Å². The lowest BCUT2D eigenvalue weighted by molar-refractivity contribution is -0.137. The van der Waals surface area contributed by atoms with Crippen LogP contribution in [0.1, 0.15) is 52.0 Å². The van der Waals surface area contributed by atoms with Crippen LogP contribution in [0.2, 0.25) is 0 Å². The number of piperidine rings is 1. The molecule has 2 aliphatic rings. The van der Waals surface area contributed by atoms with Crippen LogP contribution >= 0.6 is 0 Å². The van der Waals surface area contributed by atoms with E-state index in [9.17, 15) is 27.6 Å². The van der Waals surface area contributed by atoms with Gasteiger partial charge in [-0.05, 0) is 74.2 Å². The third-order valence-corrected chi connectivity index (χ3v) is 7.43. The number of ketones is 1. The first-order chi connectivity index (χ1) is 18.1. The minimum absolute atomic E-state index is 0.101. The van der Waals surface area contributed by atoms with E-state index in [1.807, 2.05) is 24.3 Å². The Balaban J connectivity index is 1.19. The summed E-state index contributed by atoms with van der Waals surface area (Å²) in [4.78, 5) is 41.3. The van der Waals surface area contributed by atoms with Gasteiger partial charge in [-0.25, -0.2) is 0 Å². The van der Waals surface area contributed by atoms with E-state index in [4.69, 9.17) is 0 Å². The van der Waals surface area contributed by atoms with Crippen LogP contribution in [0.5, 0.6) is 0 Å². The van der Waals surface area contributed by atoms with Crippen molar-refractivity contribution in [2.45, 2.75) is 37.9 Å². The Bertz CT molecular complexity index is 1140. The third kappa shape index (κ3) is 6.92. The van der Waals surface area contributed by atoms with Gasteiger partial charge in [0.05, 0.1) is 12.1 Å². The van der Waals surface area contributed by atoms with Gasteiger partial charge in [-0.15, -0.1) is 0 Å². The van der Waals surface area contributed by atoms with Crippen LogP contribution in [0.25, 0.3) is 0 Å². The largest absolute Gasteiger partial charge is 0.416 e. The molecule has 204 valence electrons. The molecule has 0 aliphatic carbocycles. The van der Waals surface area contributed by atoms with Crippen LogP contribution in [0.15, 0.2) is 48.5 Å². The second kappa shape index (κ2) is 12.0. The smallest absolute Gasteiger partial charge is 0.371 e. The number of anilines is 1. The summed E-state index contributed by atoms with van der Waals surface area (Å²) >= 11 is 0. The number of nitrogens with zero attached hydrogens (tertiary/aromatic N) is 2. The number of hydrogen-bond donors (Lipinski definition) is 2. The molecule has 4 rings (SSSR count). The first kappa shape index (κ1) is 27.6. The van der Waals surface area contributed by atoms with Crippen LogP contribution in [0.4, 0.5) is 18.9 Å². The van der Waals surface area contributed by atoms with Crippen molar-refractivity contribution in [2.24, 2.45) is 5.92 Å². The molecule has 10 heteroatoms. The fraction of sp³-hybridized carbons (Fsp3) is 0.464. The van der Waals surface area contributed by atoms with Gasteiger partial charge in [0.25, 0.3) is 11.8 Å². The second-order valence-corrected chi connectivity index (χ2v) is 10.00. The van der Waals surface area contributed by atoms with Crippen molar-refractivity contribution in [2.75, 3.05) is 44.7 Å². The highest BCUT2D eigenvalue weighted by Crippen LogP contribution is 2.30. The molecule has 38 heavy (non-hydrogen) atoms. The molecular weight excluding hydrogens is 497 g/mol. The molecule has 2 aliphatic heterocycles. The Morgan fingerprint density at radius 3 is 2.29 bits per heavy atom.